The molecule has 2 aliphatic heterocycles. The summed E-state index contributed by atoms with van der Waals surface area (Å²) in [7, 11) is 2.12. The van der Waals surface area contributed by atoms with Crippen molar-refractivity contribution in [2.24, 2.45) is 0 Å². The van der Waals surface area contributed by atoms with E-state index in [0.29, 0.717) is 34.1 Å². The maximum atomic E-state index is 13.9. The number of anilines is 3. The van der Waals surface area contributed by atoms with E-state index in [-0.39, 0.29) is 23.5 Å². The first-order chi connectivity index (χ1) is 19.7. The first-order valence-corrected chi connectivity index (χ1v) is 14.6. The molecule has 0 saturated carbocycles. The fraction of sp³-hybridized carbons (Fsp3) is 0.367. The first-order valence-electron chi connectivity index (χ1n) is 13.8. The molecule has 0 aliphatic carbocycles. The number of hydrogen-bond donors (Lipinski definition) is 4. The third kappa shape index (κ3) is 7.35. The summed E-state index contributed by atoms with van der Waals surface area (Å²) in [6, 6.07) is 12.5. The Morgan fingerprint density at radius 1 is 1.07 bits per heavy atom. The van der Waals surface area contributed by atoms with Gasteiger partial charge in [-0.15, -0.1) is 0 Å². The van der Waals surface area contributed by atoms with Gasteiger partial charge in [0.25, 0.3) is 5.91 Å². The molecule has 1 amide bonds. The number of pyridine rings is 1. The zero-order valence-electron chi connectivity index (χ0n) is 23.4. The number of nitrogens with one attached hydrogen (secondary N) is 3. The molecule has 1 aromatic heterocycles. The van der Waals surface area contributed by atoms with Crippen LogP contribution in [0.2, 0.25) is 0 Å². The number of aromatic nitrogens is 1. The molecule has 0 atom stereocenters. The summed E-state index contributed by atoms with van der Waals surface area (Å²) in [5, 5.41) is 15.0. The van der Waals surface area contributed by atoms with Crippen molar-refractivity contribution in [3.8, 4) is 0 Å². The van der Waals surface area contributed by atoms with Gasteiger partial charge in [-0.3, -0.25) is 10.2 Å². The third-order valence-electron chi connectivity index (χ3n) is 7.35. The minimum Gasteiger partial charge on any atom is -0.383 e. The number of rotatable bonds is 7. The zero-order valence-corrected chi connectivity index (χ0v) is 24.2. The number of halogens is 1. The highest BCUT2D eigenvalue weighted by Gasteiger charge is 2.22. The lowest BCUT2D eigenvalue weighted by Crippen LogP contribution is -2.44. The second kappa shape index (κ2) is 12.9. The van der Waals surface area contributed by atoms with Crippen LogP contribution in [0.1, 0.15) is 34.3 Å². The molecule has 2 aromatic carbocycles. The van der Waals surface area contributed by atoms with Gasteiger partial charge in [-0.25, -0.2) is 9.37 Å². The standard InChI is InChI=1S/C30H36FN7O2S/c1-19-13-20(31)15-23(14-19)41-24-17-26(28(32)34-18-24)29(33)36-30(39)25-4-3-22(38-9-7-37(2)8-10-38)16-27(25)35-21-5-11-40-12-6-21/h3-4,13-18,21,35H,5-12H2,1-2H3,(H2,32,34)(H2,33,36,39). The van der Waals surface area contributed by atoms with Crippen LogP contribution in [0.25, 0.3) is 0 Å². The molecule has 2 fully saturated rings. The average molecular weight is 578 g/mol. The molecular formula is C30H36FN7O2S. The maximum absolute atomic E-state index is 13.9. The lowest BCUT2D eigenvalue weighted by atomic mass is 10.1. The minimum absolute atomic E-state index is 0.126. The van der Waals surface area contributed by atoms with Crippen molar-refractivity contribution < 1.29 is 13.9 Å². The normalized spacial score (nSPS) is 16.4. The topological polar surface area (TPSA) is 120 Å². The number of carbonyl (C=O) groups is 1. The number of hydrogen-bond acceptors (Lipinski definition) is 9. The summed E-state index contributed by atoms with van der Waals surface area (Å²) in [5.41, 5.74) is 9.45. The van der Waals surface area contributed by atoms with E-state index in [9.17, 15) is 9.18 Å². The molecular weight excluding hydrogens is 541 g/mol. The Hall–Kier alpha value is -3.67. The van der Waals surface area contributed by atoms with Crippen LogP contribution >= 0.6 is 11.8 Å². The van der Waals surface area contributed by atoms with E-state index in [1.807, 2.05) is 31.2 Å². The number of likely N-dealkylation sites (N-methyl/N-ethyl adjacent to an activating group) is 1. The van der Waals surface area contributed by atoms with Gasteiger partial charge in [0.05, 0.1) is 11.1 Å². The van der Waals surface area contributed by atoms with Crippen molar-refractivity contribution in [3.05, 3.63) is 71.2 Å². The summed E-state index contributed by atoms with van der Waals surface area (Å²) >= 11 is 1.31. The molecule has 2 aliphatic rings. The fourth-order valence-electron chi connectivity index (χ4n) is 5.03. The van der Waals surface area contributed by atoms with Gasteiger partial charge >= 0.3 is 0 Å². The van der Waals surface area contributed by atoms with Gasteiger partial charge in [-0.05, 0) is 74.8 Å². The van der Waals surface area contributed by atoms with Crippen molar-refractivity contribution in [2.45, 2.75) is 35.6 Å². The lowest BCUT2D eigenvalue weighted by Gasteiger charge is -2.34. The molecule has 5 rings (SSSR count). The Labute approximate surface area is 244 Å². The molecule has 0 unspecified atom stereocenters. The number of nitrogen functional groups attached to an aromatic ring is 1. The molecule has 0 bridgehead atoms. The summed E-state index contributed by atoms with van der Waals surface area (Å²) in [6.07, 6.45) is 3.28. The Morgan fingerprint density at radius 3 is 2.56 bits per heavy atom. The summed E-state index contributed by atoms with van der Waals surface area (Å²) in [6.45, 7) is 6.98. The number of aryl methyl sites for hydroxylation is 1. The highest BCUT2D eigenvalue weighted by atomic mass is 32.2. The van der Waals surface area contributed by atoms with Crippen LogP contribution in [0.15, 0.2) is 58.5 Å². The van der Waals surface area contributed by atoms with Gasteiger partial charge in [0.1, 0.15) is 17.5 Å². The molecule has 216 valence electrons. The van der Waals surface area contributed by atoms with Gasteiger partial charge in [0.2, 0.25) is 0 Å². The smallest absolute Gasteiger partial charge is 0.258 e. The summed E-state index contributed by atoms with van der Waals surface area (Å²) in [4.78, 5) is 23.8. The highest BCUT2D eigenvalue weighted by molar-refractivity contribution is 7.99. The van der Waals surface area contributed by atoms with Crippen LogP contribution in [0.5, 0.6) is 0 Å². The van der Waals surface area contributed by atoms with Crippen molar-refractivity contribution in [3.63, 3.8) is 0 Å². The number of nitrogens with zero attached hydrogens (tertiary/aromatic N) is 3. The number of amidine groups is 1. The highest BCUT2D eigenvalue weighted by Crippen LogP contribution is 2.31. The van der Waals surface area contributed by atoms with Gasteiger partial charge < -0.3 is 30.9 Å². The number of amides is 1. The molecule has 0 spiro atoms. The lowest BCUT2D eigenvalue weighted by molar-refractivity contribution is 0.0904. The molecule has 3 heterocycles. The Balaban J connectivity index is 1.35. The van der Waals surface area contributed by atoms with Crippen LogP contribution in [0.4, 0.5) is 21.6 Å². The monoisotopic (exact) mass is 577 g/mol. The van der Waals surface area contributed by atoms with Gasteiger partial charge in [0.15, 0.2) is 0 Å². The Kier molecular flexibility index (Phi) is 9.06. The molecule has 9 nitrogen and oxygen atoms in total. The maximum Gasteiger partial charge on any atom is 0.258 e. The van der Waals surface area contributed by atoms with Gasteiger partial charge in [0, 0.05) is 72.8 Å². The van der Waals surface area contributed by atoms with E-state index >= 15 is 0 Å². The number of benzene rings is 2. The van der Waals surface area contributed by atoms with E-state index in [1.165, 1.54) is 23.9 Å². The molecule has 3 aromatic rings. The van der Waals surface area contributed by atoms with E-state index in [0.717, 1.165) is 56.0 Å². The quantitative estimate of drug-likeness (QED) is 0.242. The average Bonchev–Trinajstić information content (AvgIpc) is 2.94. The SMILES string of the molecule is Cc1cc(F)cc(Sc2cnc(N)c(C(=N)NC(=O)c3ccc(N4CCN(C)CC4)cc3NC3CCOCC3)c2)c1. The second-order valence-corrected chi connectivity index (χ2v) is 11.7. The van der Waals surface area contributed by atoms with Gasteiger partial charge in [-0.2, -0.15) is 0 Å². The Morgan fingerprint density at radius 2 is 1.83 bits per heavy atom. The summed E-state index contributed by atoms with van der Waals surface area (Å²) < 4.78 is 19.4. The number of nitrogens with two attached hydrogens (primary N) is 1. The van der Waals surface area contributed by atoms with Crippen LogP contribution in [0.3, 0.4) is 0 Å². The molecule has 0 radical (unpaired) electrons. The van der Waals surface area contributed by atoms with E-state index in [2.05, 4.69) is 32.5 Å². The van der Waals surface area contributed by atoms with Crippen molar-refractivity contribution in [2.75, 3.05) is 62.4 Å². The predicted molar refractivity (Wildman–Crippen MR) is 162 cm³/mol. The van der Waals surface area contributed by atoms with Crippen molar-refractivity contribution in [1.82, 2.24) is 15.2 Å². The molecule has 5 N–H and O–H groups in total. The van der Waals surface area contributed by atoms with E-state index in [4.69, 9.17) is 15.9 Å². The molecule has 2 saturated heterocycles. The van der Waals surface area contributed by atoms with Gasteiger partial charge in [-0.1, -0.05) is 11.8 Å². The van der Waals surface area contributed by atoms with Crippen LogP contribution in [-0.2, 0) is 4.74 Å². The van der Waals surface area contributed by atoms with Crippen LogP contribution in [0, 0.1) is 18.2 Å². The number of piperazine rings is 1. The zero-order chi connectivity index (χ0) is 28.9. The molecule has 41 heavy (non-hydrogen) atoms. The Bertz CT molecular complexity index is 1400. The third-order valence-corrected chi connectivity index (χ3v) is 8.28. The first kappa shape index (κ1) is 28.8. The minimum atomic E-state index is -0.410. The fourth-order valence-corrected chi connectivity index (χ4v) is 6.00. The number of carbonyl (C=O) groups excluding carboxylic acids is 1. The van der Waals surface area contributed by atoms with Crippen molar-refractivity contribution >= 4 is 40.7 Å². The van der Waals surface area contributed by atoms with Crippen LogP contribution in [-0.4, -0.2) is 74.1 Å². The number of ether oxygens (including phenoxy) is 1. The predicted octanol–water partition coefficient (Wildman–Crippen LogP) is 4.36. The van der Waals surface area contributed by atoms with Crippen LogP contribution < -0.4 is 21.3 Å². The van der Waals surface area contributed by atoms with E-state index in [1.54, 1.807) is 12.3 Å². The summed E-state index contributed by atoms with van der Waals surface area (Å²) in [5.74, 6) is -0.758. The van der Waals surface area contributed by atoms with E-state index < -0.39 is 5.91 Å². The largest absolute Gasteiger partial charge is 0.383 e. The van der Waals surface area contributed by atoms with Crippen molar-refractivity contribution in [1.29, 1.82) is 5.41 Å². The molecule has 11 heteroatoms. The second-order valence-electron chi connectivity index (χ2n) is 10.6.